The molecule has 3 aromatic heterocycles. The monoisotopic (exact) mass is 359 g/mol. The molecule has 0 spiro atoms. The highest BCUT2D eigenvalue weighted by atomic mass is 14.9. The van der Waals surface area contributed by atoms with E-state index in [0.717, 1.165) is 33.7 Å². The molecule has 138 valence electrons. The molecule has 5 nitrogen and oxygen atoms in total. The van der Waals surface area contributed by atoms with Gasteiger partial charge in [-0.1, -0.05) is 26.0 Å². The second-order valence-electron chi connectivity index (χ2n) is 5.49. The quantitative estimate of drug-likeness (QED) is 0.528. The van der Waals surface area contributed by atoms with Crippen molar-refractivity contribution in [1.29, 1.82) is 0 Å². The van der Waals surface area contributed by atoms with Crippen molar-refractivity contribution in [1.82, 2.24) is 15.0 Å². The summed E-state index contributed by atoms with van der Waals surface area (Å²) in [6.45, 7) is 8.05. The van der Waals surface area contributed by atoms with Crippen molar-refractivity contribution >= 4 is 17.7 Å². The van der Waals surface area contributed by atoms with Gasteiger partial charge in [0.2, 0.25) is 0 Å². The van der Waals surface area contributed by atoms with Gasteiger partial charge < -0.3 is 5.73 Å². The van der Waals surface area contributed by atoms with Gasteiger partial charge in [-0.2, -0.15) is 0 Å². The van der Waals surface area contributed by atoms with Crippen molar-refractivity contribution < 1.29 is 0 Å². The largest absolute Gasteiger partial charge is 0.390 e. The minimum Gasteiger partial charge on any atom is -0.390 e. The molecule has 0 saturated heterocycles. The van der Waals surface area contributed by atoms with E-state index in [4.69, 9.17) is 10.7 Å². The fourth-order valence-corrected chi connectivity index (χ4v) is 2.61. The lowest BCUT2D eigenvalue weighted by Crippen LogP contribution is -1.98. The molecule has 3 aromatic rings. The molecule has 5 heteroatoms. The van der Waals surface area contributed by atoms with E-state index < -0.39 is 0 Å². The smallest absolute Gasteiger partial charge is 0.153 e. The number of hydrogen-bond acceptors (Lipinski definition) is 4. The van der Waals surface area contributed by atoms with Crippen molar-refractivity contribution in [3.05, 3.63) is 77.9 Å². The number of aryl methyl sites for hydroxylation is 1. The van der Waals surface area contributed by atoms with Crippen LogP contribution in [-0.2, 0) is 0 Å². The molecule has 0 amide bonds. The van der Waals surface area contributed by atoms with Crippen molar-refractivity contribution in [3.63, 3.8) is 0 Å². The predicted molar refractivity (Wildman–Crippen MR) is 113 cm³/mol. The van der Waals surface area contributed by atoms with Crippen molar-refractivity contribution in [2.24, 2.45) is 10.7 Å². The van der Waals surface area contributed by atoms with Gasteiger partial charge in [-0.15, -0.1) is 0 Å². The average Bonchev–Trinajstić information content (AvgIpc) is 2.73. The fourth-order valence-electron chi connectivity index (χ4n) is 2.61. The van der Waals surface area contributed by atoms with E-state index in [1.54, 1.807) is 12.4 Å². The number of allylic oxidation sites excluding steroid dienone is 1. The van der Waals surface area contributed by atoms with Crippen LogP contribution in [0.4, 0.5) is 5.82 Å². The summed E-state index contributed by atoms with van der Waals surface area (Å²) in [5.74, 6) is 0.579. The second kappa shape index (κ2) is 9.97. The van der Waals surface area contributed by atoms with Gasteiger partial charge >= 0.3 is 0 Å². The molecule has 0 aromatic carbocycles. The molecule has 0 saturated carbocycles. The molecule has 0 radical (unpaired) electrons. The number of hydrogen-bond donors (Lipinski definition) is 1. The molecule has 3 heterocycles. The average molecular weight is 359 g/mol. The SMILES string of the molecule is C/C=C(/c1ccc(N=CN)nc1)c1nc(-c2cccnc2)ccc1C.CC. The van der Waals surface area contributed by atoms with Gasteiger partial charge in [0.25, 0.3) is 0 Å². The van der Waals surface area contributed by atoms with Crippen LogP contribution in [0.5, 0.6) is 0 Å². The van der Waals surface area contributed by atoms with E-state index >= 15 is 0 Å². The summed E-state index contributed by atoms with van der Waals surface area (Å²) in [6.07, 6.45) is 8.65. The van der Waals surface area contributed by atoms with E-state index in [1.165, 1.54) is 6.34 Å². The summed E-state index contributed by atoms with van der Waals surface area (Å²) in [4.78, 5) is 17.3. The van der Waals surface area contributed by atoms with Gasteiger partial charge in [0.05, 0.1) is 17.7 Å². The zero-order valence-electron chi connectivity index (χ0n) is 16.2. The molecule has 0 bridgehead atoms. The molecule has 3 rings (SSSR count). The molecule has 0 unspecified atom stereocenters. The third-order valence-corrected chi connectivity index (χ3v) is 3.86. The second-order valence-corrected chi connectivity index (χ2v) is 5.49. The number of aromatic nitrogens is 3. The van der Waals surface area contributed by atoms with E-state index in [9.17, 15) is 0 Å². The molecule has 2 N–H and O–H groups in total. The Labute approximate surface area is 160 Å². The fraction of sp³-hybridized carbons (Fsp3) is 0.182. The Morgan fingerprint density at radius 1 is 1.07 bits per heavy atom. The topological polar surface area (TPSA) is 77.0 Å². The van der Waals surface area contributed by atoms with E-state index in [2.05, 4.69) is 28.0 Å². The molecular weight excluding hydrogens is 334 g/mol. The summed E-state index contributed by atoms with van der Waals surface area (Å²) in [6, 6.07) is 11.8. The molecule has 0 aliphatic rings. The number of rotatable bonds is 4. The highest BCUT2D eigenvalue weighted by Gasteiger charge is 2.11. The predicted octanol–water partition coefficient (Wildman–Crippen LogP) is 4.94. The van der Waals surface area contributed by atoms with Gasteiger partial charge in [-0.3, -0.25) is 4.98 Å². The number of pyridine rings is 3. The van der Waals surface area contributed by atoms with Crippen LogP contribution in [0, 0.1) is 6.92 Å². The van der Waals surface area contributed by atoms with E-state index in [-0.39, 0.29) is 0 Å². The van der Waals surface area contributed by atoms with Crippen LogP contribution in [0.25, 0.3) is 16.8 Å². The highest BCUT2D eigenvalue weighted by molar-refractivity contribution is 5.80. The van der Waals surface area contributed by atoms with Crippen LogP contribution in [0.3, 0.4) is 0 Å². The Kier molecular flexibility index (Phi) is 7.37. The minimum atomic E-state index is 0.579. The molecule has 0 atom stereocenters. The maximum atomic E-state index is 5.31. The van der Waals surface area contributed by atoms with Gasteiger partial charge in [-0.25, -0.2) is 15.0 Å². The minimum absolute atomic E-state index is 0.579. The third-order valence-electron chi connectivity index (χ3n) is 3.86. The van der Waals surface area contributed by atoms with Crippen LogP contribution in [0.1, 0.15) is 37.6 Å². The Bertz CT molecular complexity index is 913. The first-order chi connectivity index (χ1) is 13.2. The van der Waals surface area contributed by atoms with Gasteiger partial charge in [0.15, 0.2) is 5.82 Å². The number of nitrogens with two attached hydrogens (primary N) is 1. The maximum absolute atomic E-state index is 5.31. The Morgan fingerprint density at radius 3 is 2.48 bits per heavy atom. The van der Waals surface area contributed by atoms with E-state index in [1.807, 2.05) is 63.4 Å². The maximum Gasteiger partial charge on any atom is 0.153 e. The van der Waals surface area contributed by atoms with Crippen LogP contribution < -0.4 is 5.73 Å². The van der Waals surface area contributed by atoms with Crippen molar-refractivity contribution in [2.45, 2.75) is 27.7 Å². The van der Waals surface area contributed by atoms with Crippen LogP contribution in [0.2, 0.25) is 0 Å². The lowest BCUT2D eigenvalue weighted by molar-refractivity contribution is 1.20. The van der Waals surface area contributed by atoms with E-state index in [0.29, 0.717) is 5.82 Å². The highest BCUT2D eigenvalue weighted by Crippen LogP contribution is 2.27. The van der Waals surface area contributed by atoms with Crippen LogP contribution >= 0.6 is 0 Å². The Balaban J connectivity index is 0.00000126. The van der Waals surface area contributed by atoms with Crippen molar-refractivity contribution in [2.75, 3.05) is 0 Å². The molecule has 0 fully saturated rings. The molecule has 0 aliphatic heterocycles. The zero-order valence-corrected chi connectivity index (χ0v) is 16.2. The molecule has 0 aliphatic carbocycles. The normalized spacial score (nSPS) is 11.2. The summed E-state index contributed by atoms with van der Waals surface area (Å²) in [5.41, 5.74) is 11.2. The standard InChI is InChI=1S/C20H19N5.C2H6/c1-3-17(15-7-9-19(23-12-15)24-13-21)20-14(2)6-8-18(25-20)16-5-4-10-22-11-16;1-2/h3-13H,1-2H3,(H2,21,23,24);1-2H3/b17-3-;. The van der Waals surface area contributed by atoms with Crippen LogP contribution in [0.15, 0.2) is 66.1 Å². The number of nitrogens with zero attached hydrogens (tertiary/aromatic N) is 4. The van der Waals surface area contributed by atoms with Gasteiger partial charge in [-0.05, 0) is 49.7 Å². The Morgan fingerprint density at radius 2 is 1.89 bits per heavy atom. The first kappa shape index (κ1) is 20.0. The molecular formula is C22H25N5. The third kappa shape index (κ3) is 4.85. The lowest BCUT2D eigenvalue weighted by Gasteiger charge is -2.12. The van der Waals surface area contributed by atoms with Gasteiger partial charge in [0.1, 0.15) is 0 Å². The Hall–Kier alpha value is -3.34. The summed E-state index contributed by atoms with van der Waals surface area (Å²) in [7, 11) is 0. The van der Waals surface area contributed by atoms with Crippen LogP contribution in [-0.4, -0.2) is 21.3 Å². The summed E-state index contributed by atoms with van der Waals surface area (Å²) in [5, 5.41) is 0. The first-order valence-corrected chi connectivity index (χ1v) is 8.98. The first-order valence-electron chi connectivity index (χ1n) is 8.98. The molecule has 27 heavy (non-hydrogen) atoms. The summed E-state index contributed by atoms with van der Waals surface area (Å²) < 4.78 is 0. The zero-order chi connectivity index (χ0) is 19.6. The van der Waals surface area contributed by atoms with Gasteiger partial charge in [0, 0.05) is 35.3 Å². The lowest BCUT2D eigenvalue weighted by atomic mass is 9.99. The summed E-state index contributed by atoms with van der Waals surface area (Å²) >= 11 is 0. The van der Waals surface area contributed by atoms with Crippen molar-refractivity contribution in [3.8, 4) is 11.3 Å². The number of aliphatic imine (C=N–C) groups is 1.